The Morgan fingerprint density at radius 3 is 2.79 bits per heavy atom. The van der Waals surface area contributed by atoms with E-state index in [1.54, 1.807) is 25.3 Å². The first-order chi connectivity index (χ1) is 13.5. The van der Waals surface area contributed by atoms with Crippen LogP contribution in [0.15, 0.2) is 53.9 Å². The second-order valence-electron chi connectivity index (χ2n) is 5.97. The molecular weight excluding hydrogens is 417 g/mol. The smallest absolute Gasteiger partial charge is 0.326 e. The van der Waals surface area contributed by atoms with Crippen LogP contribution in [0.2, 0.25) is 10.0 Å². The lowest BCUT2D eigenvalue weighted by Crippen LogP contribution is -2.13. The molecule has 0 bridgehead atoms. The number of pyridine rings is 1. The lowest BCUT2D eigenvalue weighted by atomic mass is 10.1. The van der Waals surface area contributed by atoms with Crippen LogP contribution in [0.25, 0.3) is 0 Å². The summed E-state index contributed by atoms with van der Waals surface area (Å²) in [5.41, 5.74) is 2.69. The average Bonchev–Trinajstić information content (AvgIpc) is 3.04. The highest BCUT2D eigenvalue weighted by Crippen LogP contribution is 2.26. The molecule has 0 saturated carbocycles. The molecular formula is C20H19Cl2N3O2S. The van der Waals surface area contributed by atoms with Crippen LogP contribution in [0, 0.1) is 0 Å². The van der Waals surface area contributed by atoms with Gasteiger partial charge in [-0.15, -0.1) is 0 Å². The van der Waals surface area contributed by atoms with Crippen LogP contribution in [0.3, 0.4) is 0 Å². The van der Waals surface area contributed by atoms with Gasteiger partial charge in [0, 0.05) is 34.6 Å². The highest BCUT2D eigenvalue weighted by molar-refractivity contribution is 7.98. The first-order valence-electron chi connectivity index (χ1n) is 8.73. The third-order valence-electron chi connectivity index (χ3n) is 3.86. The highest BCUT2D eigenvalue weighted by Gasteiger charge is 2.14. The highest BCUT2D eigenvalue weighted by atomic mass is 35.5. The number of esters is 1. The van der Waals surface area contributed by atoms with Gasteiger partial charge < -0.3 is 9.30 Å². The second-order valence-corrected chi connectivity index (χ2v) is 7.76. The van der Waals surface area contributed by atoms with Crippen LogP contribution < -0.4 is 0 Å². The Balaban J connectivity index is 1.80. The summed E-state index contributed by atoms with van der Waals surface area (Å²) in [5.74, 6) is 0.359. The Hall–Kier alpha value is -2.02. The van der Waals surface area contributed by atoms with Crippen molar-refractivity contribution < 1.29 is 9.53 Å². The molecule has 0 amide bonds. The van der Waals surface area contributed by atoms with Gasteiger partial charge in [-0.05, 0) is 36.8 Å². The van der Waals surface area contributed by atoms with Gasteiger partial charge in [0.05, 0.1) is 18.0 Å². The van der Waals surface area contributed by atoms with Crippen LogP contribution >= 0.6 is 35.0 Å². The summed E-state index contributed by atoms with van der Waals surface area (Å²) in [4.78, 5) is 21.0. The number of nitrogens with zero attached hydrogens (tertiary/aromatic N) is 3. The molecule has 146 valence electrons. The molecule has 0 radical (unpaired) electrons. The summed E-state index contributed by atoms with van der Waals surface area (Å²) < 4.78 is 6.89. The molecule has 0 saturated heterocycles. The van der Waals surface area contributed by atoms with Gasteiger partial charge in [-0.25, -0.2) is 4.98 Å². The van der Waals surface area contributed by atoms with Crippen LogP contribution in [-0.2, 0) is 28.2 Å². The number of imidazole rings is 1. The van der Waals surface area contributed by atoms with E-state index in [9.17, 15) is 4.79 Å². The molecule has 0 fully saturated rings. The zero-order valence-electron chi connectivity index (χ0n) is 15.3. The van der Waals surface area contributed by atoms with E-state index in [2.05, 4.69) is 4.98 Å². The molecule has 0 spiro atoms. The van der Waals surface area contributed by atoms with Gasteiger partial charge in [0.25, 0.3) is 0 Å². The number of hydrogen-bond acceptors (Lipinski definition) is 5. The molecule has 1 aromatic carbocycles. The van der Waals surface area contributed by atoms with Crippen LogP contribution in [0.1, 0.15) is 23.9 Å². The fourth-order valence-electron chi connectivity index (χ4n) is 2.59. The number of carbonyl (C=O) groups excluding carboxylic acids is 1. The van der Waals surface area contributed by atoms with Crippen LogP contribution in [0.5, 0.6) is 0 Å². The van der Waals surface area contributed by atoms with E-state index < -0.39 is 0 Å². The molecule has 0 unspecified atom stereocenters. The van der Waals surface area contributed by atoms with E-state index in [0.717, 1.165) is 22.1 Å². The molecule has 0 aliphatic heterocycles. The number of hydrogen-bond donors (Lipinski definition) is 0. The Morgan fingerprint density at radius 2 is 2.07 bits per heavy atom. The molecule has 28 heavy (non-hydrogen) atoms. The summed E-state index contributed by atoms with van der Waals surface area (Å²) in [6.07, 6.45) is 4.17. The lowest BCUT2D eigenvalue weighted by Gasteiger charge is -2.06. The minimum atomic E-state index is -0.296. The minimum absolute atomic E-state index is 0.111. The molecule has 2 heterocycles. The van der Waals surface area contributed by atoms with Crippen molar-refractivity contribution in [3.8, 4) is 0 Å². The average molecular weight is 436 g/mol. The summed E-state index contributed by atoms with van der Waals surface area (Å²) in [7, 11) is 0. The van der Waals surface area contributed by atoms with E-state index in [0.29, 0.717) is 28.8 Å². The third-order valence-corrected chi connectivity index (χ3v) is 5.47. The quantitative estimate of drug-likeness (QED) is 0.366. The maximum Gasteiger partial charge on any atom is 0.326 e. The first kappa shape index (κ1) is 20.7. The molecule has 3 rings (SSSR count). The summed E-state index contributed by atoms with van der Waals surface area (Å²) in [6.45, 7) is 2.24. The zero-order valence-corrected chi connectivity index (χ0v) is 17.6. The first-order valence-corrected chi connectivity index (χ1v) is 10.5. The van der Waals surface area contributed by atoms with Gasteiger partial charge in [-0.1, -0.05) is 47.1 Å². The Kier molecular flexibility index (Phi) is 7.36. The zero-order chi connectivity index (χ0) is 19.9. The molecule has 0 aliphatic carbocycles. The van der Waals surface area contributed by atoms with Gasteiger partial charge in [0.1, 0.15) is 6.54 Å². The fourth-order valence-corrected chi connectivity index (χ4v) is 3.98. The van der Waals surface area contributed by atoms with Crippen molar-refractivity contribution in [1.29, 1.82) is 0 Å². The van der Waals surface area contributed by atoms with E-state index in [1.165, 1.54) is 11.8 Å². The Labute approximate surface area is 178 Å². The maximum absolute atomic E-state index is 12.0. The lowest BCUT2D eigenvalue weighted by molar-refractivity contribution is -0.143. The maximum atomic E-state index is 12.0. The topological polar surface area (TPSA) is 57.0 Å². The predicted octanol–water partition coefficient (Wildman–Crippen LogP) is 5.03. The minimum Gasteiger partial charge on any atom is -0.465 e. The molecule has 0 N–H and O–H groups in total. The number of ether oxygens (including phenoxy) is 1. The number of halogens is 2. The standard InChI is InChI=1S/C20H19Cl2N3O2S/c1-2-27-19(26)12-25-11-17(9-14-6-7-15(21)10-18(14)22)24-20(25)28-13-16-5-3-4-8-23-16/h3-8,10-11H,2,9,12-13H2,1H3. The Morgan fingerprint density at radius 1 is 1.21 bits per heavy atom. The van der Waals surface area contributed by atoms with Crippen molar-refractivity contribution in [2.45, 2.75) is 30.8 Å². The van der Waals surface area contributed by atoms with Gasteiger partial charge in [0.2, 0.25) is 0 Å². The fraction of sp³-hybridized carbons (Fsp3) is 0.250. The molecule has 0 aliphatic rings. The summed E-state index contributed by atoms with van der Waals surface area (Å²) >= 11 is 13.8. The number of aromatic nitrogens is 3. The molecule has 2 aromatic heterocycles. The van der Waals surface area contributed by atoms with E-state index in [1.807, 2.05) is 35.0 Å². The van der Waals surface area contributed by atoms with E-state index >= 15 is 0 Å². The Bertz CT molecular complexity index is 948. The van der Waals surface area contributed by atoms with Gasteiger partial charge >= 0.3 is 5.97 Å². The molecule has 5 nitrogen and oxygen atoms in total. The van der Waals surface area contributed by atoms with Crippen LogP contribution in [-0.4, -0.2) is 27.1 Å². The van der Waals surface area contributed by atoms with Crippen molar-refractivity contribution in [3.05, 3.63) is 75.8 Å². The molecule has 8 heteroatoms. The third kappa shape index (κ3) is 5.74. The second kappa shape index (κ2) is 9.96. The number of thioether (sulfide) groups is 1. The molecule has 3 aromatic rings. The largest absolute Gasteiger partial charge is 0.465 e. The van der Waals surface area contributed by atoms with Crippen LogP contribution in [0.4, 0.5) is 0 Å². The normalized spacial score (nSPS) is 10.8. The van der Waals surface area contributed by atoms with Gasteiger partial charge in [-0.2, -0.15) is 0 Å². The monoisotopic (exact) mass is 435 g/mol. The van der Waals surface area contributed by atoms with Crippen molar-refractivity contribution in [1.82, 2.24) is 14.5 Å². The van der Waals surface area contributed by atoms with E-state index in [-0.39, 0.29) is 12.5 Å². The summed E-state index contributed by atoms with van der Waals surface area (Å²) in [5, 5.41) is 1.92. The predicted molar refractivity (Wildman–Crippen MR) is 112 cm³/mol. The van der Waals surface area contributed by atoms with Crippen molar-refractivity contribution >= 4 is 40.9 Å². The SMILES string of the molecule is CCOC(=O)Cn1cc(Cc2ccc(Cl)cc2Cl)nc1SCc1ccccn1. The number of carbonyl (C=O) groups is 1. The number of benzene rings is 1. The number of rotatable bonds is 8. The van der Waals surface area contributed by atoms with Gasteiger partial charge in [-0.3, -0.25) is 9.78 Å². The van der Waals surface area contributed by atoms with Crippen molar-refractivity contribution in [2.24, 2.45) is 0 Å². The van der Waals surface area contributed by atoms with Crippen molar-refractivity contribution in [2.75, 3.05) is 6.61 Å². The van der Waals surface area contributed by atoms with E-state index in [4.69, 9.17) is 32.9 Å². The molecule has 0 atom stereocenters. The van der Waals surface area contributed by atoms with Gasteiger partial charge in [0.15, 0.2) is 5.16 Å². The summed E-state index contributed by atoms with van der Waals surface area (Å²) in [6, 6.07) is 11.2. The van der Waals surface area contributed by atoms with Crippen molar-refractivity contribution in [3.63, 3.8) is 0 Å².